The van der Waals surface area contributed by atoms with Crippen molar-refractivity contribution in [2.45, 2.75) is 0 Å². The summed E-state index contributed by atoms with van der Waals surface area (Å²) in [6.07, 6.45) is 0. The Balaban J connectivity index is 0.947. The molecule has 0 aliphatic heterocycles. The second-order valence-corrected chi connectivity index (χ2v) is 17.7. The first kappa shape index (κ1) is 39.4. The monoisotopic (exact) mass is 864 g/mol. The Bertz CT molecular complexity index is 3960. The molecule has 2 nitrogen and oxygen atoms in total. The molecule has 11 aromatic carbocycles. The molecule has 0 saturated heterocycles. The molecular weight excluding hydrogens is 821 g/mol. The van der Waals surface area contributed by atoms with Crippen molar-refractivity contribution in [3.8, 4) is 78.1 Å². The molecule has 13 rings (SSSR count). The van der Waals surface area contributed by atoms with Crippen molar-refractivity contribution in [3.63, 3.8) is 0 Å². The zero-order valence-corrected chi connectivity index (χ0v) is 37.3. The third kappa shape index (κ3) is 6.73. The van der Waals surface area contributed by atoms with Crippen LogP contribution in [-0.2, 0) is 0 Å². The van der Waals surface area contributed by atoms with Crippen LogP contribution in [-0.4, -0.2) is 9.13 Å². The van der Waals surface area contributed by atoms with E-state index in [2.05, 4.69) is 276 Å². The standard InChI is InChI=1S/C66H44N2/c1-6-17-45(18-7-1)51-33-37-61(57(41-51)50-23-12-4-13-24-50)68-62-38-34-52(46-19-8-2-9-20-46)42-58(62)59-43-53(35-39-63(59)68)47-29-31-48(32-30-47)54-36-40-64-60(44-54)66-56(49-21-10-3-11-22-49)27-16-28-65(66)67(64)55-25-14-5-15-26-55/h1-44H. The van der Waals surface area contributed by atoms with Gasteiger partial charge in [-0.05, 0) is 128 Å². The molecule has 0 amide bonds. The van der Waals surface area contributed by atoms with E-state index >= 15 is 0 Å². The van der Waals surface area contributed by atoms with Crippen LogP contribution in [0, 0.1) is 0 Å². The smallest absolute Gasteiger partial charge is 0.0547 e. The van der Waals surface area contributed by atoms with Crippen LogP contribution in [0.1, 0.15) is 0 Å². The van der Waals surface area contributed by atoms with Crippen molar-refractivity contribution in [2.75, 3.05) is 0 Å². The molecule has 0 aliphatic carbocycles. The number of hydrogen-bond donors (Lipinski definition) is 0. The summed E-state index contributed by atoms with van der Waals surface area (Å²) in [5.41, 5.74) is 21.4. The summed E-state index contributed by atoms with van der Waals surface area (Å²) in [6.45, 7) is 0. The maximum absolute atomic E-state index is 2.47. The van der Waals surface area contributed by atoms with Gasteiger partial charge in [-0.25, -0.2) is 0 Å². The third-order valence-electron chi connectivity index (χ3n) is 13.7. The summed E-state index contributed by atoms with van der Waals surface area (Å²) in [7, 11) is 0. The van der Waals surface area contributed by atoms with Gasteiger partial charge >= 0.3 is 0 Å². The van der Waals surface area contributed by atoms with E-state index in [9.17, 15) is 0 Å². The minimum absolute atomic E-state index is 1.15. The van der Waals surface area contributed by atoms with Gasteiger partial charge in [-0.1, -0.05) is 200 Å². The summed E-state index contributed by atoms with van der Waals surface area (Å²) in [6, 6.07) is 97.4. The number of hydrogen-bond acceptors (Lipinski definition) is 0. The second-order valence-electron chi connectivity index (χ2n) is 17.7. The van der Waals surface area contributed by atoms with E-state index in [1.54, 1.807) is 0 Å². The van der Waals surface area contributed by atoms with Crippen LogP contribution in [0.15, 0.2) is 267 Å². The summed E-state index contributed by atoms with van der Waals surface area (Å²) in [4.78, 5) is 0. The first-order chi connectivity index (χ1) is 33.7. The van der Waals surface area contributed by atoms with Crippen molar-refractivity contribution >= 4 is 43.6 Å². The molecule has 0 spiro atoms. The number of para-hydroxylation sites is 1. The summed E-state index contributed by atoms with van der Waals surface area (Å²) < 4.78 is 4.87. The van der Waals surface area contributed by atoms with Crippen LogP contribution in [0.3, 0.4) is 0 Å². The molecular formula is C66H44N2. The zero-order valence-electron chi connectivity index (χ0n) is 37.3. The molecule has 0 fully saturated rings. The molecule has 0 bridgehead atoms. The molecule has 2 aromatic heterocycles. The van der Waals surface area contributed by atoms with Gasteiger partial charge in [0.05, 0.1) is 27.8 Å². The normalized spacial score (nSPS) is 11.5. The Hall–Kier alpha value is -8.98. The molecule has 318 valence electrons. The second kappa shape index (κ2) is 16.5. The minimum atomic E-state index is 1.15. The quantitative estimate of drug-likeness (QED) is 0.144. The van der Waals surface area contributed by atoms with E-state index in [4.69, 9.17) is 0 Å². The van der Waals surface area contributed by atoms with Gasteiger partial charge in [-0.2, -0.15) is 0 Å². The van der Waals surface area contributed by atoms with E-state index < -0.39 is 0 Å². The van der Waals surface area contributed by atoms with Gasteiger partial charge in [-0.15, -0.1) is 0 Å². The molecule has 0 atom stereocenters. The van der Waals surface area contributed by atoms with E-state index in [0.717, 1.165) is 11.4 Å². The van der Waals surface area contributed by atoms with E-state index in [1.807, 2.05) is 0 Å². The van der Waals surface area contributed by atoms with Crippen LogP contribution >= 0.6 is 0 Å². The molecule has 0 radical (unpaired) electrons. The van der Waals surface area contributed by atoms with Crippen molar-refractivity contribution in [1.29, 1.82) is 0 Å². The lowest BCUT2D eigenvalue weighted by Gasteiger charge is -2.16. The Labute approximate surface area is 395 Å². The van der Waals surface area contributed by atoms with E-state index in [-0.39, 0.29) is 0 Å². The third-order valence-corrected chi connectivity index (χ3v) is 13.7. The molecule has 0 unspecified atom stereocenters. The number of fused-ring (bicyclic) bond motifs is 6. The molecule has 2 heteroatoms. The van der Waals surface area contributed by atoms with Crippen molar-refractivity contribution in [1.82, 2.24) is 9.13 Å². The summed E-state index contributed by atoms with van der Waals surface area (Å²) in [5, 5.41) is 4.96. The van der Waals surface area contributed by atoms with Gasteiger partial charge in [0, 0.05) is 32.8 Å². The minimum Gasteiger partial charge on any atom is -0.309 e. The maximum atomic E-state index is 2.47. The Morgan fingerprint density at radius 2 is 0.588 bits per heavy atom. The van der Waals surface area contributed by atoms with Gasteiger partial charge in [0.15, 0.2) is 0 Å². The van der Waals surface area contributed by atoms with Crippen LogP contribution in [0.2, 0.25) is 0 Å². The topological polar surface area (TPSA) is 9.86 Å². The molecule has 68 heavy (non-hydrogen) atoms. The zero-order chi connectivity index (χ0) is 45.0. The average Bonchev–Trinajstić information content (AvgIpc) is 3.94. The number of aromatic nitrogens is 2. The van der Waals surface area contributed by atoms with Crippen LogP contribution in [0.4, 0.5) is 0 Å². The fraction of sp³-hybridized carbons (Fsp3) is 0. The Morgan fingerprint density at radius 3 is 1.10 bits per heavy atom. The van der Waals surface area contributed by atoms with Crippen LogP contribution in [0.5, 0.6) is 0 Å². The first-order valence-electron chi connectivity index (χ1n) is 23.4. The largest absolute Gasteiger partial charge is 0.309 e. The van der Waals surface area contributed by atoms with Crippen LogP contribution < -0.4 is 0 Å². The van der Waals surface area contributed by atoms with Crippen molar-refractivity contribution in [3.05, 3.63) is 267 Å². The van der Waals surface area contributed by atoms with E-state index in [1.165, 1.54) is 110 Å². The summed E-state index contributed by atoms with van der Waals surface area (Å²) >= 11 is 0. The van der Waals surface area contributed by atoms with Gasteiger partial charge in [0.1, 0.15) is 0 Å². The lowest BCUT2D eigenvalue weighted by molar-refractivity contribution is 1.18. The van der Waals surface area contributed by atoms with E-state index in [0.29, 0.717) is 0 Å². The Morgan fingerprint density at radius 1 is 0.206 bits per heavy atom. The fourth-order valence-electron chi connectivity index (χ4n) is 10.5. The molecule has 2 heterocycles. The molecule has 0 aliphatic rings. The maximum Gasteiger partial charge on any atom is 0.0547 e. The predicted molar refractivity (Wildman–Crippen MR) is 288 cm³/mol. The highest BCUT2D eigenvalue weighted by atomic mass is 15.0. The Kier molecular flexibility index (Phi) is 9.54. The highest BCUT2D eigenvalue weighted by molar-refractivity contribution is 6.17. The SMILES string of the molecule is c1ccc(-c2ccc(-n3c4ccc(-c5ccccc5)cc4c4cc(-c5ccc(-c6ccc7c(c6)c6c(-c8ccccc8)cccc6n7-c6ccccc6)cc5)ccc43)c(-c3ccccc3)c2)cc1. The van der Waals surface area contributed by atoms with Crippen molar-refractivity contribution < 1.29 is 0 Å². The number of rotatable bonds is 8. The van der Waals surface area contributed by atoms with Crippen LogP contribution in [0.25, 0.3) is 122 Å². The predicted octanol–water partition coefficient (Wildman–Crippen LogP) is 17.9. The van der Waals surface area contributed by atoms with Gasteiger partial charge in [0.25, 0.3) is 0 Å². The number of benzene rings is 11. The average molecular weight is 865 g/mol. The molecule has 0 saturated carbocycles. The lowest BCUT2D eigenvalue weighted by Crippen LogP contribution is -1.98. The van der Waals surface area contributed by atoms with Crippen molar-refractivity contribution in [2.24, 2.45) is 0 Å². The van der Waals surface area contributed by atoms with Gasteiger partial charge < -0.3 is 9.13 Å². The fourth-order valence-corrected chi connectivity index (χ4v) is 10.5. The lowest BCUT2D eigenvalue weighted by atomic mass is 9.96. The molecule has 13 aromatic rings. The highest BCUT2D eigenvalue weighted by Gasteiger charge is 2.20. The highest BCUT2D eigenvalue weighted by Crippen LogP contribution is 2.43. The molecule has 0 N–H and O–H groups in total. The first-order valence-corrected chi connectivity index (χ1v) is 23.4. The number of nitrogens with zero attached hydrogens (tertiary/aromatic N) is 2. The summed E-state index contributed by atoms with van der Waals surface area (Å²) in [5.74, 6) is 0. The van der Waals surface area contributed by atoms with Gasteiger partial charge in [-0.3, -0.25) is 0 Å². The van der Waals surface area contributed by atoms with Gasteiger partial charge in [0.2, 0.25) is 0 Å².